The van der Waals surface area contributed by atoms with Crippen LogP contribution in [-0.4, -0.2) is 38.2 Å². The minimum atomic E-state index is -0.262. The van der Waals surface area contributed by atoms with E-state index in [0.717, 1.165) is 29.6 Å². The predicted octanol–water partition coefficient (Wildman–Crippen LogP) is 3.83. The number of halogens is 1. The first-order valence-electron chi connectivity index (χ1n) is 8.78. The smallest absolute Gasteiger partial charge is 0.258 e. The quantitative estimate of drug-likeness (QED) is 0.557. The second-order valence-electron chi connectivity index (χ2n) is 6.15. The molecule has 1 amide bonds. The van der Waals surface area contributed by atoms with E-state index >= 15 is 0 Å². The number of carbonyl (C=O) groups excluding carboxylic acids is 1. The molecule has 1 atom stereocenters. The second kappa shape index (κ2) is 9.53. The number of anilines is 1. The van der Waals surface area contributed by atoms with E-state index in [0.29, 0.717) is 23.8 Å². The Labute approximate surface area is 167 Å². The van der Waals surface area contributed by atoms with Crippen LogP contribution in [0.3, 0.4) is 0 Å². The summed E-state index contributed by atoms with van der Waals surface area (Å²) in [4.78, 5) is 17.2. The number of hydrogen-bond acceptors (Lipinski definition) is 4. The van der Waals surface area contributed by atoms with E-state index in [-0.39, 0.29) is 12.0 Å². The number of nitrogens with one attached hydrogen (secondary N) is 2. The number of hydrogen-bond donors (Lipinski definition) is 2. The highest BCUT2D eigenvalue weighted by atomic mass is 79.9. The van der Waals surface area contributed by atoms with Gasteiger partial charge in [0.15, 0.2) is 0 Å². The highest BCUT2D eigenvalue weighted by Gasteiger charge is 2.16. The van der Waals surface area contributed by atoms with E-state index in [4.69, 9.17) is 9.47 Å². The molecule has 0 spiro atoms. The summed E-state index contributed by atoms with van der Waals surface area (Å²) in [5.74, 6) is 0.749. The van der Waals surface area contributed by atoms with Gasteiger partial charge in [-0.05, 0) is 49.2 Å². The fraction of sp³-hybridized carbons (Fsp3) is 0.300. The molecule has 2 aromatic rings. The van der Waals surface area contributed by atoms with E-state index in [9.17, 15) is 4.79 Å². The fourth-order valence-corrected chi connectivity index (χ4v) is 3.14. The molecule has 0 radical (unpaired) electrons. The molecule has 0 unspecified atom stereocenters. The van der Waals surface area contributed by atoms with Gasteiger partial charge in [-0.3, -0.25) is 10.1 Å². The van der Waals surface area contributed by atoms with E-state index in [1.54, 1.807) is 31.4 Å². The number of carbonyl (C=O) groups is 1. The lowest BCUT2D eigenvalue weighted by atomic mass is 10.2. The summed E-state index contributed by atoms with van der Waals surface area (Å²) in [6.07, 6.45) is 2.13. The van der Waals surface area contributed by atoms with Gasteiger partial charge in [-0.2, -0.15) is 0 Å². The average Bonchev–Trinajstić information content (AvgIpc) is 3.20. The summed E-state index contributed by atoms with van der Waals surface area (Å²) in [5, 5.41) is 6.02. The van der Waals surface area contributed by atoms with Gasteiger partial charge >= 0.3 is 0 Å². The van der Waals surface area contributed by atoms with Crippen molar-refractivity contribution in [2.24, 2.45) is 4.99 Å². The van der Waals surface area contributed by atoms with Crippen molar-refractivity contribution in [2.45, 2.75) is 18.9 Å². The summed E-state index contributed by atoms with van der Waals surface area (Å²) in [6.45, 7) is 1.26. The number of ether oxygens (including phenoxy) is 2. The predicted molar refractivity (Wildman–Crippen MR) is 110 cm³/mol. The Bertz CT molecular complexity index is 820. The molecule has 0 saturated carbocycles. The Hall–Kier alpha value is -2.38. The average molecular weight is 432 g/mol. The number of amides is 1. The van der Waals surface area contributed by atoms with Crippen LogP contribution in [0, 0.1) is 0 Å². The third kappa shape index (κ3) is 5.80. The Morgan fingerprint density at radius 3 is 2.89 bits per heavy atom. The highest BCUT2D eigenvalue weighted by Crippen LogP contribution is 2.17. The van der Waals surface area contributed by atoms with Gasteiger partial charge in [0.25, 0.3) is 5.91 Å². The lowest BCUT2D eigenvalue weighted by Crippen LogP contribution is -2.36. The second-order valence-corrected chi connectivity index (χ2v) is 7.06. The molecule has 2 N–H and O–H groups in total. The van der Waals surface area contributed by atoms with E-state index in [1.165, 1.54) is 0 Å². The van der Waals surface area contributed by atoms with Crippen molar-refractivity contribution in [1.82, 2.24) is 5.32 Å². The van der Waals surface area contributed by atoms with Crippen LogP contribution in [0.15, 0.2) is 58.0 Å². The molecule has 0 aliphatic carbocycles. The third-order valence-corrected chi connectivity index (χ3v) is 4.62. The number of guanidine groups is 1. The van der Waals surface area contributed by atoms with Gasteiger partial charge in [-0.25, -0.2) is 4.99 Å². The first-order valence-corrected chi connectivity index (χ1v) is 9.57. The van der Waals surface area contributed by atoms with Gasteiger partial charge < -0.3 is 14.8 Å². The maximum Gasteiger partial charge on any atom is 0.258 e. The SMILES string of the molecule is COc1cccc(C(=O)NC(=NC[C@@H]2CCCO2)Nc2cccc(Br)c2)c1. The number of aliphatic imine (C=N–C) groups is 1. The van der Waals surface area contributed by atoms with Gasteiger partial charge in [0.05, 0.1) is 19.8 Å². The number of benzene rings is 2. The van der Waals surface area contributed by atoms with Gasteiger partial charge in [0.1, 0.15) is 5.75 Å². The Kier molecular flexibility index (Phi) is 6.84. The van der Waals surface area contributed by atoms with Crippen molar-refractivity contribution < 1.29 is 14.3 Å². The molecule has 1 fully saturated rings. The zero-order valence-corrected chi connectivity index (χ0v) is 16.7. The maximum atomic E-state index is 12.6. The van der Waals surface area contributed by atoms with E-state index in [2.05, 4.69) is 31.6 Å². The normalized spacial score (nSPS) is 16.8. The van der Waals surface area contributed by atoms with E-state index < -0.39 is 0 Å². The first-order chi connectivity index (χ1) is 13.1. The lowest BCUT2D eigenvalue weighted by Gasteiger charge is -2.14. The maximum absolute atomic E-state index is 12.6. The molecular formula is C20H22BrN3O3. The van der Waals surface area contributed by atoms with Crippen LogP contribution in [0.2, 0.25) is 0 Å². The molecule has 0 bridgehead atoms. The fourth-order valence-electron chi connectivity index (χ4n) is 2.74. The summed E-state index contributed by atoms with van der Waals surface area (Å²) in [7, 11) is 1.57. The summed E-state index contributed by atoms with van der Waals surface area (Å²) in [5.41, 5.74) is 1.32. The van der Waals surface area contributed by atoms with Crippen molar-refractivity contribution in [2.75, 3.05) is 25.6 Å². The molecular weight excluding hydrogens is 410 g/mol. The number of methoxy groups -OCH3 is 1. The monoisotopic (exact) mass is 431 g/mol. The van der Waals surface area contributed by atoms with Crippen LogP contribution in [-0.2, 0) is 4.74 Å². The van der Waals surface area contributed by atoms with Gasteiger partial charge in [-0.1, -0.05) is 28.1 Å². The molecule has 27 heavy (non-hydrogen) atoms. The summed E-state index contributed by atoms with van der Waals surface area (Å²) >= 11 is 3.45. The van der Waals surface area contributed by atoms with Crippen molar-refractivity contribution in [3.63, 3.8) is 0 Å². The highest BCUT2D eigenvalue weighted by molar-refractivity contribution is 9.10. The third-order valence-electron chi connectivity index (χ3n) is 4.13. The zero-order valence-electron chi connectivity index (χ0n) is 15.1. The van der Waals surface area contributed by atoms with Gasteiger partial charge in [-0.15, -0.1) is 0 Å². The number of rotatable bonds is 5. The minimum absolute atomic E-state index is 0.0954. The molecule has 1 heterocycles. The van der Waals surface area contributed by atoms with E-state index in [1.807, 2.05) is 24.3 Å². The molecule has 2 aromatic carbocycles. The van der Waals surface area contributed by atoms with Crippen LogP contribution in [0.25, 0.3) is 0 Å². The molecule has 1 saturated heterocycles. The lowest BCUT2D eigenvalue weighted by molar-refractivity contribution is 0.0975. The van der Waals surface area contributed by atoms with Crippen LogP contribution in [0.1, 0.15) is 23.2 Å². The molecule has 142 valence electrons. The van der Waals surface area contributed by atoms with Crippen molar-refractivity contribution in [3.8, 4) is 5.75 Å². The van der Waals surface area contributed by atoms with Crippen LogP contribution in [0.4, 0.5) is 5.69 Å². The summed E-state index contributed by atoms with van der Waals surface area (Å²) < 4.78 is 11.7. The zero-order chi connectivity index (χ0) is 19.1. The molecule has 7 heteroatoms. The molecule has 1 aliphatic rings. The van der Waals surface area contributed by atoms with Gasteiger partial charge in [0.2, 0.25) is 5.96 Å². The topological polar surface area (TPSA) is 72.0 Å². The Balaban J connectivity index is 1.75. The van der Waals surface area contributed by atoms with Gasteiger partial charge in [0, 0.05) is 22.3 Å². The van der Waals surface area contributed by atoms with Crippen LogP contribution < -0.4 is 15.4 Å². The molecule has 0 aromatic heterocycles. The van der Waals surface area contributed by atoms with Crippen molar-refractivity contribution >= 4 is 33.5 Å². The summed E-state index contributed by atoms with van der Waals surface area (Å²) in [6, 6.07) is 14.7. The largest absolute Gasteiger partial charge is 0.497 e. The standard InChI is InChI=1S/C20H22BrN3O3/c1-26-17-8-2-5-14(11-17)19(25)24-20(22-13-18-9-4-10-27-18)23-16-7-3-6-15(21)12-16/h2-3,5-8,11-12,18H,4,9-10,13H2,1H3,(H2,22,23,24,25)/t18-/m0/s1. The number of nitrogens with zero attached hydrogens (tertiary/aromatic N) is 1. The Morgan fingerprint density at radius 1 is 1.30 bits per heavy atom. The first kappa shape index (κ1) is 19.4. The van der Waals surface area contributed by atoms with Crippen molar-refractivity contribution in [3.05, 3.63) is 58.6 Å². The molecule has 1 aliphatic heterocycles. The Morgan fingerprint density at radius 2 is 2.15 bits per heavy atom. The minimum Gasteiger partial charge on any atom is -0.497 e. The molecule has 6 nitrogen and oxygen atoms in total. The van der Waals surface area contributed by atoms with Crippen molar-refractivity contribution in [1.29, 1.82) is 0 Å². The van der Waals surface area contributed by atoms with Crippen LogP contribution in [0.5, 0.6) is 5.75 Å². The molecule has 3 rings (SSSR count). The van der Waals surface area contributed by atoms with Crippen LogP contribution >= 0.6 is 15.9 Å².